The number of hydrazine groups is 1. The van der Waals surface area contributed by atoms with Crippen LogP contribution < -0.4 is 20.3 Å². The van der Waals surface area contributed by atoms with E-state index in [0.29, 0.717) is 47.6 Å². The van der Waals surface area contributed by atoms with Crippen LogP contribution in [-0.2, 0) is 16.1 Å². The first kappa shape index (κ1) is 31.8. The molecule has 9 heteroatoms. The lowest BCUT2D eigenvalue weighted by molar-refractivity contribution is -0.129. The molecule has 1 heterocycles. The molecule has 1 amide bonds. The minimum Gasteiger partial charge on any atom is -0.497 e. The standard InChI is InChI=1S/C36H36ClN3O5/c1-43-32-15-6-13-29(24-32)33-36(20-7-12-26-9-3-2-4-10-26,35(42)40-38-25-27-11-5-14-30(37)23-27)39-34(45-33)28-16-18-31(19-17-28)44-22-8-21-41/h2-7,9-19,23-24,33,38,41H,8,20-22,25H2,1H3,(H,40,42)/b12-7+/t33-,36-/m0/s1. The predicted octanol–water partition coefficient (Wildman–Crippen LogP) is 6.29. The van der Waals surface area contributed by atoms with Gasteiger partial charge in [0.25, 0.3) is 5.91 Å². The minimum absolute atomic E-state index is 0.0607. The summed E-state index contributed by atoms with van der Waals surface area (Å²) in [7, 11) is 1.60. The number of nitrogens with zero attached hydrogens (tertiary/aromatic N) is 1. The quantitative estimate of drug-likeness (QED) is 0.112. The van der Waals surface area contributed by atoms with Crippen molar-refractivity contribution in [1.82, 2.24) is 10.9 Å². The summed E-state index contributed by atoms with van der Waals surface area (Å²) in [6, 6.07) is 32.1. The van der Waals surface area contributed by atoms with Crippen molar-refractivity contribution in [2.24, 2.45) is 4.99 Å². The number of aliphatic hydroxyl groups is 1. The molecule has 0 fully saturated rings. The number of ether oxygens (including phenoxy) is 3. The molecule has 0 aliphatic carbocycles. The maximum Gasteiger partial charge on any atom is 0.266 e. The van der Waals surface area contributed by atoms with E-state index < -0.39 is 11.6 Å². The Balaban J connectivity index is 1.50. The van der Waals surface area contributed by atoms with Gasteiger partial charge in [-0.2, -0.15) is 0 Å². The Bertz CT molecular complexity index is 1630. The lowest BCUT2D eigenvalue weighted by Crippen LogP contribution is -2.52. The van der Waals surface area contributed by atoms with Gasteiger partial charge in [-0.15, -0.1) is 0 Å². The molecule has 0 radical (unpaired) electrons. The Labute approximate surface area is 268 Å². The Morgan fingerprint density at radius 1 is 1.00 bits per heavy atom. The zero-order chi connectivity index (χ0) is 31.5. The number of rotatable bonds is 14. The summed E-state index contributed by atoms with van der Waals surface area (Å²) >= 11 is 6.16. The third-order valence-corrected chi connectivity index (χ3v) is 7.58. The Hall–Kier alpha value is -4.63. The summed E-state index contributed by atoms with van der Waals surface area (Å²) in [5.41, 5.74) is 7.94. The second kappa shape index (κ2) is 15.4. The lowest BCUT2D eigenvalue weighted by atomic mass is 9.84. The third kappa shape index (κ3) is 8.10. The van der Waals surface area contributed by atoms with Crippen LogP contribution >= 0.6 is 11.6 Å². The van der Waals surface area contributed by atoms with Crippen molar-refractivity contribution in [1.29, 1.82) is 0 Å². The van der Waals surface area contributed by atoms with E-state index in [9.17, 15) is 4.79 Å². The molecular weight excluding hydrogens is 590 g/mol. The first-order valence-electron chi connectivity index (χ1n) is 14.7. The number of aliphatic hydroxyl groups excluding tert-OH is 1. The summed E-state index contributed by atoms with van der Waals surface area (Å²) < 4.78 is 17.8. The summed E-state index contributed by atoms with van der Waals surface area (Å²) in [5, 5.41) is 9.67. The summed E-state index contributed by atoms with van der Waals surface area (Å²) in [6.07, 6.45) is 3.95. The zero-order valence-electron chi connectivity index (χ0n) is 25.0. The largest absolute Gasteiger partial charge is 0.497 e. The van der Waals surface area contributed by atoms with Crippen LogP contribution in [0.2, 0.25) is 5.02 Å². The number of amides is 1. The van der Waals surface area contributed by atoms with Gasteiger partial charge in [-0.25, -0.2) is 10.4 Å². The smallest absolute Gasteiger partial charge is 0.266 e. The maximum atomic E-state index is 14.3. The van der Waals surface area contributed by atoms with E-state index in [1.807, 2.05) is 109 Å². The normalized spacial score (nSPS) is 17.5. The van der Waals surface area contributed by atoms with Crippen molar-refractivity contribution in [2.45, 2.75) is 31.0 Å². The van der Waals surface area contributed by atoms with Gasteiger partial charge in [-0.05, 0) is 65.2 Å². The predicted molar refractivity (Wildman–Crippen MR) is 176 cm³/mol. The molecule has 0 saturated heterocycles. The molecule has 1 aliphatic heterocycles. The number of hydrogen-bond donors (Lipinski definition) is 3. The van der Waals surface area contributed by atoms with Crippen LogP contribution in [0.5, 0.6) is 11.5 Å². The number of aliphatic imine (C=N–C) groups is 1. The molecule has 0 bridgehead atoms. The lowest BCUT2D eigenvalue weighted by Gasteiger charge is -2.30. The van der Waals surface area contributed by atoms with Gasteiger partial charge >= 0.3 is 0 Å². The number of carbonyl (C=O) groups excluding carboxylic acids is 1. The molecule has 0 aromatic heterocycles. The SMILES string of the molecule is COc1cccc([C@@H]2OC(c3ccc(OCCCO)cc3)=N[C@]2(C/C=C/c2ccccc2)C(=O)NNCc2cccc(Cl)c2)c1. The highest BCUT2D eigenvalue weighted by Crippen LogP contribution is 2.43. The molecule has 5 rings (SSSR count). The third-order valence-electron chi connectivity index (χ3n) is 7.35. The highest BCUT2D eigenvalue weighted by Gasteiger charge is 2.52. The van der Waals surface area contributed by atoms with Crippen LogP contribution in [-0.4, -0.2) is 42.8 Å². The highest BCUT2D eigenvalue weighted by atomic mass is 35.5. The van der Waals surface area contributed by atoms with Crippen molar-refractivity contribution in [2.75, 3.05) is 20.3 Å². The number of halogens is 1. The van der Waals surface area contributed by atoms with Gasteiger partial charge in [0.15, 0.2) is 11.6 Å². The van der Waals surface area contributed by atoms with E-state index in [1.165, 1.54) is 0 Å². The summed E-state index contributed by atoms with van der Waals surface area (Å²) in [5.74, 6) is 1.29. The maximum absolute atomic E-state index is 14.3. The molecule has 2 atom stereocenters. The van der Waals surface area contributed by atoms with Crippen molar-refractivity contribution in [3.05, 3.63) is 136 Å². The van der Waals surface area contributed by atoms with Crippen LogP contribution in [0.4, 0.5) is 0 Å². The molecule has 4 aromatic carbocycles. The van der Waals surface area contributed by atoms with Crippen LogP contribution in [0.25, 0.3) is 6.08 Å². The number of hydrogen-bond acceptors (Lipinski definition) is 7. The van der Waals surface area contributed by atoms with Gasteiger partial charge in [-0.3, -0.25) is 10.2 Å². The minimum atomic E-state index is -1.37. The molecule has 45 heavy (non-hydrogen) atoms. The topological polar surface area (TPSA) is 101 Å². The fraction of sp³-hybridized carbons (Fsp3) is 0.222. The first-order valence-corrected chi connectivity index (χ1v) is 15.1. The Kier molecular flexibility index (Phi) is 10.9. The van der Waals surface area contributed by atoms with E-state index in [4.69, 9.17) is 35.9 Å². The van der Waals surface area contributed by atoms with E-state index in [1.54, 1.807) is 13.2 Å². The van der Waals surface area contributed by atoms with Crippen molar-refractivity contribution in [3.8, 4) is 11.5 Å². The molecular formula is C36H36ClN3O5. The Morgan fingerprint density at radius 3 is 2.56 bits per heavy atom. The average Bonchev–Trinajstić information content (AvgIpc) is 3.46. The second-order valence-corrected chi connectivity index (χ2v) is 11.0. The average molecular weight is 626 g/mol. The summed E-state index contributed by atoms with van der Waals surface area (Å²) in [4.78, 5) is 19.3. The van der Waals surface area contributed by atoms with Gasteiger partial charge in [-0.1, -0.05) is 78.4 Å². The fourth-order valence-corrected chi connectivity index (χ4v) is 5.25. The number of carbonyl (C=O) groups is 1. The van der Waals surface area contributed by atoms with Gasteiger partial charge < -0.3 is 19.3 Å². The highest BCUT2D eigenvalue weighted by molar-refractivity contribution is 6.30. The summed E-state index contributed by atoms with van der Waals surface area (Å²) in [6.45, 7) is 0.830. The fourth-order valence-electron chi connectivity index (χ4n) is 5.04. The van der Waals surface area contributed by atoms with Gasteiger partial charge in [0, 0.05) is 36.6 Å². The van der Waals surface area contributed by atoms with E-state index in [-0.39, 0.29) is 18.9 Å². The van der Waals surface area contributed by atoms with Crippen molar-refractivity contribution >= 4 is 29.5 Å². The van der Waals surface area contributed by atoms with Gasteiger partial charge in [0.2, 0.25) is 5.90 Å². The molecule has 1 aliphatic rings. The number of methoxy groups -OCH3 is 1. The van der Waals surface area contributed by atoms with Gasteiger partial charge in [0.05, 0.1) is 13.7 Å². The van der Waals surface area contributed by atoms with Crippen LogP contribution in [0, 0.1) is 0 Å². The molecule has 232 valence electrons. The molecule has 0 unspecified atom stereocenters. The van der Waals surface area contributed by atoms with E-state index in [2.05, 4.69) is 10.9 Å². The Morgan fingerprint density at radius 2 is 1.80 bits per heavy atom. The number of nitrogens with one attached hydrogen (secondary N) is 2. The first-order chi connectivity index (χ1) is 22.0. The monoisotopic (exact) mass is 625 g/mol. The molecule has 0 saturated carbocycles. The van der Waals surface area contributed by atoms with Crippen LogP contribution in [0.1, 0.15) is 41.2 Å². The van der Waals surface area contributed by atoms with Crippen molar-refractivity contribution < 1.29 is 24.1 Å². The molecule has 4 aromatic rings. The zero-order valence-corrected chi connectivity index (χ0v) is 25.7. The van der Waals surface area contributed by atoms with Crippen LogP contribution in [0.15, 0.2) is 114 Å². The van der Waals surface area contributed by atoms with E-state index >= 15 is 0 Å². The molecule has 8 nitrogen and oxygen atoms in total. The van der Waals surface area contributed by atoms with Crippen LogP contribution in [0.3, 0.4) is 0 Å². The van der Waals surface area contributed by atoms with Gasteiger partial charge in [0.1, 0.15) is 11.5 Å². The molecule has 3 N–H and O–H groups in total. The van der Waals surface area contributed by atoms with E-state index in [0.717, 1.165) is 16.7 Å². The van der Waals surface area contributed by atoms with Crippen molar-refractivity contribution in [3.63, 3.8) is 0 Å². The second-order valence-electron chi connectivity index (χ2n) is 10.5. The molecule has 0 spiro atoms. The number of benzene rings is 4.